The standard InChI is InChI=1S/C18H19N3O4S/c1-4-24-18(23)15-14(13(9-19)16(20)26-15)10-25-17(22)11-6-5-7-12(8-11)21(2)3/h5-8H,4,10,20H2,1-3H3. The van der Waals surface area contributed by atoms with Crippen molar-refractivity contribution in [1.29, 1.82) is 5.26 Å². The van der Waals surface area contributed by atoms with Gasteiger partial charge in [-0.25, -0.2) is 9.59 Å². The van der Waals surface area contributed by atoms with E-state index in [4.69, 9.17) is 15.2 Å². The predicted molar refractivity (Wildman–Crippen MR) is 99.3 cm³/mol. The molecule has 7 nitrogen and oxygen atoms in total. The highest BCUT2D eigenvalue weighted by Crippen LogP contribution is 2.32. The highest BCUT2D eigenvalue weighted by Gasteiger charge is 2.24. The number of nitrogens with zero attached hydrogens (tertiary/aromatic N) is 2. The van der Waals surface area contributed by atoms with Gasteiger partial charge in [-0.3, -0.25) is 0 Å². The van der Waals surface area contributed by atoms with Gasteiger partial charge in [-0.2, -0.15) is 5.26 Å². The summed E-state index contributed by atoms with van der Waals surface area (Å²) in [4.78, 5) is 26.4. The minimum atomic E-state index is -0.591. The van der Waals surface area contributed by atoms with E-state index in [1.807, 2.05) is 31.1 Å². The lowest BCUT2D eigenvalue weighted by Crippen LogP contribution is -2.12. The van der Waals surface area contributed by atoms with Gasteiger partial charge in [0, 0.05) is 25.3 Å². The topological polar surface area (TPSA) is 106 Å². The highest BCUT2D eigenvalue weighted by atomic mass is 32.1. The molecule has 0 atom stereocenters. The molecule has 0 saturated heterocycles. The van der Waals surface area contributed by atoms with Gasteiger partial charge in [-0.15, -0.1) is 11.3 Å². The van der Waals surface area contributed by atoms with Crippen LogP contribution in [0.3, 0.4) is 0 Å². The molecule has 1 aromatic heterocycles. The van der Waals surface area contributed by atoms with E-state index in [1.165, 1.54) is 0 Å². The van der Waals surface area contributed by atoms with Gasteiger partial charge in [0.2, 0.25) is 0 Å². The maximum Gasteiger partial charge on any atom is 0.348 e. The van der Waals surface area contributed by atoms with Crippen molar-refractivity contribution < 1.29 is 19.1 Å². The monoisotopic (exact) mass is 373 g/mol. The Balaban J connectivity index is 2.23. The number of carbonyl (C=O) groups excluding carboxylic acids is 2. The minimum Gasteiger partial charge on any atom is -0.462 e. The molecule has 1 aromatic carbocycles. The van der Waals surface area contributed by atoms with E-state index in [-0.39, 0.29) is 34.2 Å². The zero-order valence-electron chi connectivity index (χ0n) is 14.7. The average molecular weight is 373 g/mol. The first-order valence-electron chi connectivity index (χ1n) is 7.81. The third kappa shape index (κ3) is 4.13. The first kappa shape index (κ1) is 19.3. The second-order valence-electron chi connectivity index (χ2n) is 5.50. The molecule has 0 aliphatic rings. The number of hydrogen-bond donors (Lipinski definition) is 1. The van der Waals surface area contributed by atoms with Crippen molar-refractivity contribution in [1.82, 2.24) is 0 Å². The molecule has 0 aliphatic carbocycles. The van der Waals surface area contributed by atoms with Crippen molar-refractivity contribution in [2.45, 2.75) is 13.5 Å². The average Bonchev–Trinajstić information content (AvgIpc) is 2.95. The van der Waals surface area contributed by atoms with Crippen LogP contribution in [-0.4, -0.2) is 32.6 Å². The van der Waals surface area contributed by atoms with Crippen LogP contribution < -0.4 is 10.6 Å². The van der Waals surface area contributed by atoms with E-state index in [0.29, 0.717) is 5.56 Å². The molecule has 8 heteroatoms. The number of anilines is 2. The van der Waals surface area contributed by atoms with E-state index in [9.17, 15) is 14.9 Å². The molecule has 136 valence electrons. The van der Waals surface area contributed by atoms with Crippen molar-refractivity contribution in [2.24, 2.45) is 0 Å². The Morgan fingerprint density at radius 3 is 2.62 bits per heavy atom. The molecule has 2 aromatic rings. The van der Waals surface area contributed by atoms with Crippen LogP contribution in [0.25, 0.3) is 0 Å². The Morgan fingerprint density at radius 2 is 2.00 bits per heavy atom. The fourth-order valence-corrected chi connectivity index (χ4v) is 3.16. The highest BCUT2D eigenvalue weighted by molar-refractivity contribution is 7.18. The molecule has 1 heterocycles. The zero-order valence-corrected chi connectivity index (χ0v) is 15.6. The van der Waals surface area contributed by atoms with Crippen LogP contribution in [-0.2, 0) is 16.1 Å². The number of esters is 2. The van der Waals surface area contributed by atoms with E-state index < -0.39 is 11.9 Å². The van der Waals surface area contributed by atoms with Crippen molar-refractivity contribution in [3.05, 3.63) is 45.8 Å². The molecule has 0 bridgehead atoms. The van der Waals surface area contributed by atoms with Crippen LogP contribution in [0.4, 0.5) is 10.7 Å². The number of carbonyl (C=O) groups is 2. The molecule has 0 amide bonds. The summed E-state index contributed by atoms with van der Waals surface area (Å²) < 4.78 is 10.3. The van der Waals surface area contributed by atoms with E-state index in [2.05, 4.69) is 0 Å². The van der Waals surface area contributed by atoms with Gasteiger partial charge in [0.1, 0.15) is 22.6 Å². The minimum absolute atomic E-state index is 0.132. The van der Waals surface area contributed by atoms with Crippen molar-refractivity contribution in [3.63, 3.8) is 0 Å². The second kappa shape index (κ2) is 8.36. The molecule has 0 saturated carbocycles. The van der Waals surface area contributed by atoms with Gasteiger partial charge in [0.15, 0.2) is 0 Å². The van der Waals surface area contributed by atoms with Gasteiger partial charge in [-0.1, -0.05) is 6.07 Å². The molecule has 0 spiro atoms. The normalized spacial score (nSPS) is 10.1. The van der Waals surface area contributed by atoms with Gasteiger partial charge >= 0.3 is 11.9 Å². The third-order valence-corrected chi connectivity index (χ3v) is 4.59. The number of nitrogen functional groups attached to an aromatic ring is 1. The maximum atomic E-state index is 12.3. The number of thiophene rings is 1. The Kier molecular flexibility index (Phi) is 6.20. The lowest BCUT2D eigenvalue weighted by atomic mass is 10.1. The maximum absolute atomic E-state index is 12.3. The molecular formula is C18H19N3O4S. The Morgan fingerprint density at radius 1 is 1.27 bits per heavy atom. The summed E-state index contributed by atoms with van der Waals surface area (Å²) in [6.07, 6.45) is 0. The van der Waals surface area contributed by atoms with Crippen LogP contribution in [0, 0.1) is 11.3 Å². The zero-order chi connectivity index (χ0) is 19.3. The number of rotatable bonds is 6. The van der Waals surface area contributed by atoms with E-state index in [1.54, 1.807) is 25.1 Å². The van der Waals surface area contributed by atoms with Crippen LogP contribution in [0.5, 0.6) is 0 Å². The first-order valence-corrected chi connectivity index (χ1v) is 8.63. The number of nitriles is 1. The fourth-order valence-electron chi connectivity index (χ4n) is 2.24. The van der Waals surface area contributed by atoms with Crippen LogP contribution in [0.2, 0.25) is 0 Å². The van der Waals surface area contributed by atoms with Gasteiger partial charge in [0.25, 0.3) is 0 Å². The van der Waals surface area contributed by atoms with E-state index >= 15 is 0 Å². The van der Waals surface area contributed by atoms with Crippen molar-refractivity contribution in [2.75, 3.05) is 31.3 Å². The Labute approximate surface area is 155 Å². The summed E-state index contributed by atoms with van der Waals surface area (Å²) in [7, 11) is 3.73. The summed E-state index contributed by atoms with van der Waals surface area (Å²) in [5.41, 5.74) is 7.42. The molecule has 2 N–H and O–H groups in total. The van der Waals surface area contributed by atoms with Crippen LogP contribution in [0.15, 0.2) is 24.3 Å². The Bertz CT molecular complexity index is 868. The van der Waals surface area contributed by atoms with Gasteiger partial charge in [-0.05, 0) is 25.1 Å². The van der Waals surface area contributed by atoms with Crippen LogP contribution in [0.1, 0.15) is 38.1 Å². The Hall–Kier alpha value is -3.05. The summed E-state index contributed by atoms with van der Waals surface area (Å²) in [5, 5.41) is 9.47. The fraction of sp³-hybridized carbons (Fsp3) is 0.278. The molecular weight excluding hydrogens is 354 g/mol. The number of benzene rings is 1. The molecule has 0 unspecified atom stereocenters. The third-order valence-electron chi connectivity index (χ3n) is 3.55. The summed E-state index contributed by atoms with van der Waals surface area (Å²) in [5.74, 6) is -1.15. The lowest BCUT2D eigenvalue weighted by Gasteiger charge is -2.13. The molecule has 26 heavy (non-hydrogen) atoms. The lowest BCUT2D eigenvalue weighted by molar-refractivity contribution is 0.0453. The smallest absolute Gasteiger partial charge is 0.348 e. The van der Waals surface area contributed by atoms with E-state index in [0.717, 1.165) is 17.0 Å². The molecule has 0 radical (unpaired) electrons. The molecule has 2 rings (SSSR count). The summed E-state index contributed by atoms with van der Waals surface area (Å²) in [6.45, 7) is 1.63. The number of ether oxygens (including phenoxy) is 2. The second-order valence-corrected chi connectivity index (χ2v) is 6.55. The first-order chi connectivity index (χ1) is 12.4. The van der Waals surface area contributed by atoms with Gasteiger partial charge < -0.3 is 20.1 Å². The quantitative estimate of drug-likeness (QED) is 0.776. The number of nitrogens with two attached hydrogens (primary N) is 1. The predicted octanol–water partition coefficient (Wildman–Crippen LogP) is 2.80. The summed E-state index contributed by atoms with van der Waals surface area (Å²) >= 11 is 0.950. The van der Waals surface area contributed by atoms with Crippen LogP contribution >= 0.6 is 11.3 Å². The molecule has 0 aliphatic heterocycles. The van der Waals surface area contributed by atoms with Crippen molar-refractivity contribution >= 4 is 34.0 Å². The van der Waals surface area contributed by atoms with Crippen molar-refractivity contribution in [3.8, 4) is 6.07 Å². The SMILES string of the molecule is CCOC(=O)c1sc(N)c(C#N)c1COC(=O)c1cccc(N(C)C)c1. The molecule has 0 fully saturated rings. The summed E-state index contributed by atoms with van der Waals surface area (Å²) in [6, 6.07) is 8.89. The number of hydrogen-bond acceptors (Lipinski definition) is 8. The van der Waals surface area contributed by atoms with Gasteiger partial charge in [0.05, 0.1) is 17.7 Å². The largest absolute Gasteiger partial charge is 0.462 e.